The van der Waals surface area contributed by atoms with Crippen molar-refractivity contribution in [3.8, 4) is 0 Å². The van der Waals surface area contributed by atoms with Crippen molar-refractivity contribution in [3.63, 3.8) is 0 Å². The molecule has 1 aliphatic heterocycles. The Kier molecular flexibility index (Phi) is 9.46. The molecule has 24 heavy (non-hydrogen) atoms. The number of nitrogens with zero attached hydrogens (tertiary/aromatic N) is 2. The van der Waals surface area contributed by atoms with E-state index in [0.29, 0.717) is 6.10 Å². The van der Waals surface area contributed by atoms with Crippen LogP contribution in [0, 0.1) is 5.92 Å². The molecular weight excluding hydrogens is 306 g/mol. The van der Waals surface area contributed by atoms with E-state index < -0.39 is 0 Å². The van der Waals surface area contributed by atoms with Crippen LogP contribution in [0.15, 0.2) is 4.99 Å². The maximum absolute atomic E-state index is 5.91. The normalized spacial score (nSPS) is 19.8. The number of aliphatic imine (C=N–C) groups is 1. The van der Waals surface area contributed by atoms with Gasteiger partial charge in [0.25, 0.3) is 0 Å². The van der Waals surface area contributed by atoms with Crippen LogP contribution in [0.3, 0.4) is 0 Å². The molecule has 1 aliphatic carbocycles. The highest BCUT2D eigenvalue weighted by Crippen LogP contribution is 2.28. The van der Waals surface area contributed by atoms with Crippen molar-refractivity contribution in [2.75, 3.05) is 60.2 Å². The van der Waals surface area contributed by atoms with Crippen molar-refractivity contribution in [2.45, 2.75) is 44.6 Å². The second kappa shape index (κ2) is 11.7. The molecule has 0 bridgehead atoms. The van der Waals surface area contributed by atoms with Crippen molar-refractivity contribution >= 4 is 5.96 Å². The van der Waals surface area contributed by atoms with E-state index in [1.54, 1.807) is 7.11 Å². The van der Waals surface area contributed by atoms with Gasteiger partial charge >= 0.3 is 0 Å². The number of methoxy groups -OCH3 is 1. The summed E-state index contributed by atoms with van der Waals surface area (Å²) >= 11 is 0. The van der Waals surface area contributed by atoms with Crippen LogP contribution in [0.1, 0.15) is 38.5 Å². The Balaban J connectivity index is 1.51. The minimum atomic E-state index is 0.382. The lowest BCUT2D eigenvalue weighted by Crippen LogP contribution is -2.47. The molecule has 0 aromatic heterocycles. The Morgan fingerprint density at radius 3 is 2.54 bits per heavy atom. The second-order valence-corrected chi connectivity index (χ2v) is 6.75. The fourth-order valence-corrected chi connectivity index (χ4v) is 2.93. The number of guanidine groups is 1. The molecule has 0 aromatic rings. The summed E-state index contributed by atoms with van der Waals surface area (Å²) in [5, 5.41) is 3.46. The van der Waals surface area contributed by atoms with Gasteiger partial charge < -0.3 is 24.4 Å². The lowest BCUT2D eigenvalue weighted by molar-refractivity contribution is 0.00990. The van der Waals surface area contributed by atoms with Gasteiger partial charge in [0.15, 0.2) is 5.96 Å². The van der Waals surface area contributed by atoms with Gasteiger partial charge in [0.2, 0.25) is 0 Å². The Labute approximate surface area is 146 Å². The summed E-state index contributed by atoms with van der Waals surface area (Å²) in [4.78, 5) is 6.75. The molecule has 6 nitrogen and oxygen atoms in total. The number of ether oxygens (including phenoxy) is 3. The van der Waals surface area contributed by atoms with Gasteiger partial charge in [0.1, 0.15) is 0 Å². The van der Waals surface area contributed by atoms with Crippen molar-refractivity contribution in [3.05, 3.63) is 0 Å². The smallest absolute Gasteiger partial charge is 0.193 e. The molecule has 0 amide bonds. The number of likely N-dealkylation sites (tertiary alicyclic amines) is 1. The van der Waals surface area contributed by atoms with Crippen LogP contribution in [-0.4, -0.2) is 77.2 Å². The van der Waals surface area contributed by atoms with E-state index in [2.05, 4.69) is 15.2 Å². The minimum Gasteiger partial charge on any atom is -0.385 e. The van der Waals surface area contributed by atoms with Crippen LogP contribution in [-0.2, 0) is 14.2 Å². The molecule has 2 fully saturated rings. The number of hydrogen-bond donors (Lipinski definition) is 1. The van der Waals surface area contributed by atoms with Crippen LogP contribution >= 0.6 is 0 Å². The molecule has 1 saturated carbocycles. The van der Waals surface area contributed by atoms with Crippen LogP contribution in [0.2, 0.25) is 0 Å². The first-order valence-electron chi connectivity index (χ1n) is 9.47. The quantitative estimate of drug-likeness (QED) is 0.353. The highest BCUT2D eigenvalue weighted by molar-refractivity contribution is 5.79. The third-order valence-electron chi connectivity index (χ3n) is 4.60. The highest BCUT2D eigenvalue weighted by atomic mass is 16.5. The van der Waals surface area contributed by atoms with Gasteiger partial charge in [0, 0.05) is 60.2 Å². The first kappa shape index (κ1) is 19.5. The van der Waals surface area contributed by atoms with E-state index in [4.69, 9.17) is 14.2 Å². The highest BCUT2D eigenvalue weighted by Gasteiger charge is 2.22. The van der Waals surface area contributed by atoms with Gasteiger partial charge in [-0.3, -0.25) is 4.99 Å². The molecule has 1 heterocycles. The zero-order valence-electron chi connectivity index (χ0n) is 15.5. The fourth-order valence-electron chi connectivity index (χ4n) is 2.93. The van der Waals surface area contributed by atoms with E-state index in [1.165, 1.54) is 12.8 Å². The third-order valence-corrected chi connectivity index (χ3v) is 4.60. The maximum Gasteiger partial charge on any atom is 0.193 e. The zero-order valence-corrected chi connectivity index (χ0v) is 15.5. The third kappa shape index (κ3) is 7.81. The van der Waals surface area contributed by atoms with E-state index in [-0.39, 0.29) is 0 Å². The Hall–Kier alpha value is -0.850. The van der Waals surface area contributed by atoms with Gasteiger partial charge in [-0.25, -0.2) is 0 Å². The van der Waals surface area contributed by atoms with E-state index in [1.807, 2.05) is 7.05 Å². The minimum absolute atomic E-state index is 0.382. The Morgan fingerprint density at radius 2 is 1.88 bits per heavy atom. The molecule has 0 aromatic carbocycles. The number of nitrogens with one attached hydrogen (secondary N) is 1. The van der Waals surface area contributed by atoms with Gasteiger partial charge in [0.05, 0.1) is 6.10 Å². The standard InChI is InChI=1S/C18H35N3O3/c1-19-18(20-9-3-13-23-15-16-5-6-16)21-10-7-17(8-11-21)24-14-4-12-22-2/h16-17H,3-15H2,1-2H3,(H,19,20). The van der Waals surface area contributed by atoms with E-state index in [0.717, 1.165) is 83.6 Å². The van der Waals surface area contributed by atoms with Crippen molar-refractivity contribution in [1.82, 2.24) is 10.2 Å². The van der Waals surface area contributed by atoms with Gasteiger partial charge in [-0.1, -0.05) is 0 Å². The molecule has 0 spiro atoms. The summed E-state index contributed by atoms with van der Waals surface area (Å²) < 4.78 is 16.6. The summed E-state index contributed by atoms with van der Waals surface area (Å²) in [5.41, 5.74) is 0. The lowest BCUT2D eigenvalue weighted by atomic mass is 10.1. The zero-order chi connectivity index (χ0) is 17.0. The molecule has 2 rings (SSSR count). The van der Waals surface area contributed by atoms with Crippen LogP contribution < -0.4 is 5.32 Å². The van der Waals surface area contributed by atoms with Gasteiger partial charge in [-0.05, 0) is 44.4 Å². The van der Waals surface area contributed by atoms with Crippen LogP contribution in [0.4, 0.5) is 0 Å². The monoisotopic (exact) mass is 341 g/mol. The van der Waals surface area contributed by atoms with E-state index >= 15 is 0 Å². The van der Waals surface area contributed by atoms with Crippen LogP contribution in [0.25, 0.3) is 0 Å². The topological polar surface area (TPSA) is 55.3 Å². The molecule has 0 unspecified atom stereocenters. The van der Waals surface area contributed by atoms with Crippen LogP contribution in [0.5, 0.6) is 0 Å². The van der Waals surface area contributed by atoms with Crippen molar-refractivity contribution in [1.29, 1.82) is 0 Å². The number of hydrogen-bond acceptors (Lipinski definition) is 4. The maximum atomic E-state index is 5.91. The molecule has 0 radical (unpaired) electrons. The van der Waals surface area contributed by atoms with Crippen molar-refractivity contribution < 1.29 is 14.2 Å². The summed E-state index contributed by atoms with van der Waals surface area (Å²) in [6.45, 7) is 6.31. The van der Waals surface area contributed by atoms with E-state index in [9.17, 15) is 0 Å². The average Bonchev–Trinajstić information content (AvgIpc) is 3.43. The second-order valence-electron chi connectivity index (χ2n) is 6.75. The fraction of sp³-hybridized carbons (Fsp3) is 0.944. The number of rotatable bonds is 11. The molecule has 1 saturated heterocycles. The molecule has 0 atom stereocenters. The summed E-state index contributed by atoms with van der Waals surface area (Å²) in [5.74, 6) is 1.86. The average molecular weight is 341 g/mol. The predicted molar refractivity (Wildman–Crippen MR) is 96.6 cm³/mol. The largest absolute Gasteiger partial charge is 0.385 e. The Bertz CT molecular complexity index is 353. The molecule has 140 valence electrons. The molecule has 1 N–H and O–H groups in total. The number of piperidine rings is 1. The molecular formula is C18H35N3O3. The predicted octanol–water partition coefficient (Wildman–Crippen LogP) is 1.90. The van der Waals surface area contributed by atoms with Gasteiger partial charge in [-0.15, -0.1) is 0 Å². The summed E-state index contributed by atoms with van der Waals surface area (Å²) in [6, 6.07) is 0. The SMILES string of the molecule is CN=C(NCCCOCC1CC1)N1CCC(OCCCOC)CC1. The summed E-state index contributed by atoms with van der Waals surface area (Å²) in [6.07, 6.45) is 7.24. The van der Waals surface area contributed by atoms with Gasteiger partial charge in [-0.2, -0.15) is 0 Å². The molecule has 2 aliphatic rings. The van der Waals surface area contributed by atoms with Crippen molar-refractivity contribution in [2.24, 2.45) is 10.9 Å². The molecule has 6 heteroatoms. The Morgan fingerprint density at radius 1 is 1.08 bits per heavy atom. The first-order valence-corrected chi connectivity index (χ1v) is 9.47. The lowest BCUT2D eigenvalue weighted by Gasteiger charge is -2.34. The first-order chi connectivity index (χ1) is 11.8. The summed E-state index contributed by atoms with van der Waals surface area (Å²) in [7, 11) is 3.59.